The number of aryl methyl sites for hydroxylation is 1. The lowest BCUT2D eigenvalue weighted by molar-refractivity contribution is -0.143. The maximum atomic E-state index is 11.3. The lowest BCUT2D eigenvalue weighted by Gasteiger charge is -2.05. The van der Waals surface area contributed by atoms with Crippen LogP contribution in [0.3, 0.4) is 0 Å². The van der Waals surface area contributed by atoms with Gasteiger partial charge in [-0.2, -0.15) is 0 Å². The van der Waals surface area contributed by atoms with Crippen LogP contribution in [0, 0.1) is 6.92 Å². The van der Waals surface area contributed by atoms with Crippen molar-refractivity contribution in [3.05, 3.63) is 42.8 Å². The highest BCUT2D eigenvalue weighted by Crippen LogP contribution is 2.07. The first-order valence-electron chi connectivity index (χ1n) is 7.31. The van der Waals surface area contributed by atoms with E-state index < -0.39 is 0 Å². The monoisotopic (exact) mass is 261 g/mol. The molecule has 105 valence electrons. The largest absolute Gasteiger partial charge is 0.466 e. The van der Waals surface area contributed by atoms with Gasteiger partial charge in [0.1, 0.15) is 0 Å². The lowest BCUT2D eigenvalue weighted by Crippen LogP contribution is -2.05. The fourth-order valence-corrected chi connectivity index (χ4v) is 1.96. The summed E-state index contributed by atoms with van der Waals surface area (Å²) in [5, 5.41) is 0. The number of ether oxygens (including phenoxy) is 1. The molecule has 0 aliphatic heterocycles. The van der Waals surface area contributed by atoms with E-state index in [1.165, 1.54) is 5.56 Å². The van der Waals surface area contributed by atoms with Crippen LogP contribution in [0.1, 0.15) is 50.5 Å². The molecule has 0 saturated heterocycles. The molecule has 0 aromatic heterocycles. The number of benzene rings is 1. The molecule has 1 rings (SSSR count). The molecule has 0 aliphatic carbocycles. The van der Waals surface area contributed by atoms with Crippen molar-refractivity contribution in [1.82, 2.24) is 0 Å². The van der Waals surface area contributed by atoms with Crippen LogP contribution in [0.4, 0.5) is 0 Å². The number of unbranched alkanes of at least 4 members (excludes halogenated alkanes) is 4. The molecule has 0 spiro atoms. The molecule has 19 heavy (non-hydrogen) atoms. The molecule has 0 saturated carbocycles. The van der Waals surface area contributed by atoms with E-state index in [1.54, 1.807) is 0 Å². The minimum Gasteiger partial charge on any atom is -0.466 e. The first-order chi connectivity index (χ1) is 9.33. The maximum Gasteiger partial charge on any atom is 0.305 e. The van der Waals surface area contributed by atoms with Gasteiger partial charge in [0.25, 0.3) is 0 Å². The Morgan fingerprint density at radius 2 is 1.79 bits per heavy atom. The van der Waals surface area contributed by atoms with Gasteiger partial charge in [0.15, 0.2) is 0 Å². The Morgan fingerprint density at radius 3 is 2.53 bits per heavy atom. The van der Waals surface area contributed by atoms with E-state index in [4.69, 9.17) is 4.74 Å². The summed E-state index contributed by atoms with van der Waals surface area (Å²) in [4.78, 5) is 11.3. The highest BCUT2D eigenvalue weighted by molar-refractivity contribution is 5.69. The summed E-state index contributed by atoms with van der Waals surface area (Å²) in [6.45, 7) is 4.32. The second kappa shape index (κ2) is 10.6. The Labute approximate surface area is 117 Å². The van der Waals surface area contributed by atoms with Gasteiger partial charge in [-0.15, -0.1) is 0 Å². The molecular weight excluding hydrogens is 236 g/mol. The molecule has 1 radical (unpaired) electrons. The van der Waals surface area contributed by atoms with Crippen molar-refractivity contribution in [2.45, 2.75) is 51.4 Å². The zero-order valence-corrected chi connectivity index (χ0v) is 11.8. The van der Waals surface area contributed by atoms with Crippen LogP contribution in [0.25, 0.3) is 0 Å². The summed E-state index contributed by atoms with van der Waals surface area (Å²) < 4.78 is 5.18. The predicted octanol–water partition coefficient (Wildman–Crippen LogP) is 4.34. The molecule has 0 N–H and O–H groups in total. The summed E-state index contributed by atoms with van der Waals surface area (Å²) in [5.41, 5.74) is 1.38. The van der Waals surface area contributed by atoms with Crippen LogP contribution in [0.15, 0.2) is 30.3 Å². The first-order valence-corrected chi connectivity index (χ1v) is 7.31. The first kappa shape index (κ1) is 15.7. The molecule has 0 unspecified atom stereocenters. The van der Waals surface area contributed by atoms with Crippen molar-refractivity contribution in [2.24, 2.45) is 0 Å². The Balaban J connectivity index is 1.92. The number of rotatable bonds is 10. The third-order valence-corrected chi connectivity index (χ3v) is 3.10. The molecule has 0 atom stereocenters. The smallest absolute Gasteiger partial charge is 0.305 e. The highest BCUT2D eigenvalue weighted by Gasteiger charge is 2.01. The Bertz CT molecular complexity index is 332. The fourth-order valence-electron chi connectivity index (χ4n) is 1.96. The number of carbonyl (C=O) groups is 1. The zero-order valence-electron chi connectivity index (χ0n) is 11.8. The van der Waals surface area contributed by atoms with E-state index in [0.717, 1.165) is 44.9 Å². The average molecular weight is 261 g/mol. The third-order valence-electron chi connectivity index (χ3n) is 3.10. The molecule has 2 heteroatoms. The van der Waals surface area contributed by atoms with E-state index in [0.29, 0.717) is 13.0 Å². The second-order valence-electron chi connectivity index (χ2n) is 4.83. The summed E-state index contributed by atoms with van der Waals surface area (Å²) >= 11 is 0. The van der Waals surface area contributed by atoms with Gasteiger partial charge in [-0.3, -0.25) is 4.79 Å². The number of hydrogen-bond acceptors (Lipinski definition) is 2. The molecule has 0 aliphatic rings. The molecule has 2 nitrogen and oxygen atoms in total. The van der Waals surface area contributed by atoms with Gasteiger partial charge in [0.2, 0.25) is 0 Å². The van der Waals surface area contributed by atoms with E-state index >= 15 is 0 Å². The molecule has 1 aromatic carbocycles. The van der Waals surface area contributed by atoms with Gasteiger partial charge in [0, 0.05) is 6.42 Å². The molecule has 0 fully saturated rings. The number of hydrogen-bond donors (Lipinski definition) is 0. The maximum absolute atomic E-state index is 11.3. The van der Waals surface area contributed by atoms with Crippen molar-refractivity contribution in [1.29, 1.82) is 0 Å². The van der Waals surface area contributed by atoms with Crippen LogP contribution in [0.5, 0.6) is 0 Å². The molecule has 0 amide bonds. The van der Waals surface area contributed by atoms with Gasteiger partial charge in [0.05, 0.1) is 6.61 Å². The third kappa shape index (κ3) is 8.41. The van der Waals surface area contributed by atoms with Crippen molar-refractivity contribution < 1.29 is 9.53 Å². The quantitative estimate of drug-likeness (QED) is 0.462. The normalized spacial score (nSPS) is 10.4. The van der Waals surface area contributed by atoms with Gasteiger partial charge >= 0.3 is 5.97 Å². The van der Waals surface area contributed by atoms with E-state index in [9.17, 15) is 4.79 Å². The van der Waals surface area contributed by atoms with E-state index in [1.807, 2.05) is 6.07 Å². The van der Waals surface area contributed by atoms with Crippen molar-refractivity contribution in [2.75, 3.05) is 6.61 Å². The Kier molecular flexibility index (Phi) is 8.78. The number of carbonyl (C=O) groups excluding carboxylic acids is 1. The van der Waals surface area contributed by atoms with Crippen molar-refractivity contribution in [3.8, 4) is 0 Å². The molecular formula is C17H25O2. The Hall–Kier alpha value is -1.31. The standard InChI is InChI=1S/C17H25O2/c1-2-3-6-14-17(18)19-15-10-5-9-13-16-11-7-4-8-12-16/h4,7-8,11-12H,1-3,5-6,9-10,13-15H2. The molecule has 0 bridgehead atoms. The van der Waals surface area contributed by atoms with Gasteiger partial charge < -0.3 is 4.74 Å². The fraction of sp³-hybridized carbons (Fsp3) is 0.529. The SMILES string of the molecule is [CH2]CCCCC(=O)OCCCCCc1ccccc1. The molecule has 0 heterocycles. The van der Waals surface area contributed by atoms with E-state index in [-0.39, 0.29) is 5.97 Å². The van der Waals surface area contributed by atoms with Gasteiger partial charge in [-0.25, -0.2) is 0 Å². The van der Waals surface area contributed by atoms with Crippen LogP contribution in [-0.4, -0.2) is 12.6 Å². The van der Waals surface area contributed by atoms with Crippen LogP contribution in [-0.2, 0) is 16.0 Å². The molecule has 1 aromatic rings. The lowest BCUT2D eigenvalue weighted by atomic mass is 10.1. The van der Waals surface area contributed by atoms with E-state index in [2.05, 4.69) is 31.2 Å². The topological polar surface area (TPSA) is 26.3 Å². The van der Waals surface area contributed by atoms with Crippen LogP contribution >= 0.6 is 0 Å². The van der Waals surface area contributed by atoms with Crippen molar-refractivity contribution >= 4 is 5.97 Å². The highest BCUT2D eigenvalue weighted by atomic mass is 16.5. The predicted molar refractivity (Wildman–Crippen MR) is 78.8 cm³/mol. The minimum absolute atomic E-state index is 0.0588. The van der Waals surface area contributed by atoms with Crippen LogP contribution in [0.2, 0.25) is 0 Å². The average Bonchev–Trinajstić information content (AvgIpc) is 2.44. The van der Waals surface area contributed by atoms with Crippen LogP contribution < -0.4 is 0 Å². The number of esters is 1. The minimum atomic E-state index is -0.0588. The Morgan fingerprint density at radius 1 is 1.00 bits per heavy atom. The second-order valence-corrected chi connectivity index (χ2v) is 4.83. The summed E-state index contributed by atoms with van der Waals surface area (Å²) in [6.07, 6.45) is 7.69. The van der Waals surface area contributed by atoms with Crippen molar-refractivity contribution in [3.63, 3.8) is 0 Å². The zero-order chi connectivity index (χ0) is 13.8. The summed E-state index contributed by atoms with van der Waals surface area (Å²) in [5.74, 6) is -0.0588. The summed E-state index contributed by atoms with van der Waals surface area (Å²) in [6, 6.07) is 10.5. The van der Waals surface area contributed by atoms with Gasteiger partial charge in [-0.1, -0.05) is 50.1 Å². The summed E-state index contributed by atoms with van der Waals surface area (Å²) in [7, 11) is 0. The van der Waals surface area contributed by atoms with Gasteiger partial charge in [-0.05, 0) is 37.7 Å².